The van der Waals surface area contributed by atoms with Gasteiger partial charge in [0, 0.05) is 23.9 Å². The molecule has 112 valence electrons. The Balaban J connectivity index is 2.39. The Labute approximate surface area is 130 Å². The number of nitrogens with zero attached hydrogens (tertiary/aromatic N) is 2. The molecule has 0 saturated carbocycles. The molecule has 0 aliphatic heterocycles. The molecule has 0 fully saturated rings. The highest BCUT2D eigenvalue weighted by Crippen LogP contribution is 2.29. The molecule has 2 rings (SSSR count). The van der Waals surface area contributed by atoms with E-state index in [1.54, 1.807) is 7.11 Å². The van der Waals surface area contributed by atoms with E-state index in [0.717, 1.165) is 36.5 Å². The monoisotopic (exact) mass is 305 g/mol. The second kappa shape index (κ2) is 7.27. The third kappa shape index (κ3) is 3.85. The number of methoxy groups -OCH3 is 1. The summed E-state index contributed by atoms with van der Waals surface area (Å²) in [7, 11) is 1.60. The number of anilines is 1. The molecule has 0 spiro atoms. The highest BCUT2D eigenvalue weighted by molar-refractivity contribution is 6.32. The zero-order chi connectivity index (χ0) is 15.2. The van der Waals surface area contributed by atoms with Crippen molar-refractivity contribution in [3.05, 3.63) is 35.0 Å². The Morgan fingerprint density at radius 3 is 2.62 bits per heavy atom. The first-order valence-corrected chi connectivity index (χ1v) is 7.51. The van der Waals surface area contributed by atoms with Crippen LogP contribution >= 0.6 is 11.6 Å². The molecule has 5 heteroatoms. The maximum Gasteiger partial charge on any atom is 0.161 e. The predicted octanol–water partition coefficient (Wildman–Crippen LogP) is 4.19. The van der Waals surface area contributed by atoms with Crippen molar-refractivity contribution in [1.82, 2.24) is 9.97 Å². The van der Waals surface area contributed by atoms with Gasteiger partial charge < -0.3 is 10.1 Å². The molecule has 1 heterocycles. The average Bonchev–Trinajstić information content (AvgIpc) is 2.52. The van der Waals surface area contributed by atoms with Gasteiger partial charge in [0.1, 0.15) is 11.6 Å². The van der Waals surface area contributed by atoms with Crippen molar-refractivity contribution in [2.45, 2.75) is 26.7 Å². The van der Waals surface area contributed by atoms with E-state index in [9.17, 15) is 0 Å². The summed E-state index contributed by atoms with van der Waals surface area (Å²) >= 11 is 6.18. The zero-order valence-electron chi connectivity index (χ0n) is 12.6. The molecule has 0 bridgehead atoms. The average molecular weight is 306 g/mol. The lowest BCUT2D eigenvalue weighted by atomic mass is 10.2. The van der Waals surface area contributed by atoms with Crippen LogP contribution in [0.1, 0.15) is 26.0 Å². The number of nitrogens with one attached hydrogen (secondary N) is 1. The highest BCUT2D eigenvalue weighted by atomic mass is 35.5. The predicted molar refractivity (Wildman–Crippen MR) is 87.2 cm³/mol. The van der Waals surface area contributed by atoms with E-state index < -0.39 is 0 Å². The Bertz CT molecular complexity index is 616. The van der Waals surface area contributed by atoms with Gasteiger partial charge in [-0.3, -0.25) is 0 Å². The summed E-state index contributed by atoms with van der Waals surface area (Å²) in [6, 6.07) is 7.57. The van der Waals surface area contributed by atoms with Crippen LogP contribution < -0.4 is 10.1 Å². The third-order valence-corrected chi connectivity index (χ3v) is 3.40. The Hall–Kier alpha value is -1.81. The molecule has 0 unspecified atom stereocenters. The van der Waals surface area contributed by atoms with Crippen molar-refractivity contribution < 1.29 is 4.74 Å². The van der Waals surface area contributed by atoms with Crippen molar-refractivity contribution >= 4 is 17.4 Å². The topological polar surface area (TPSA) is 47.0 Å². The fourth-order valence-corrected chi connectivity index (χ4v) is 2.21. The smallest absolute Gasteiger partial charge is 0.161 e. The van der Waals surface area contributed by atoms with Crippen molar-refractivity contribution in [3.8, 4) is 17.1 Å². The summed E-state index contributed by atoms with van der Waals surface area (Å²) in [5.41, 5.74) is 1.89. The van der Waals surface area contributed by atoms with Crippen LogP contribution in [0.15, 0.2) is 24.3 Å². The van der Waals surface area contributed by atoms with Crippen LogP contribution in [0.5, 0.6) is 5.75 Å². The number of halogens is 1. The minimum Gasteiger partial charge on any atom is -0.495 e. The van der Waals surface area contributed by atoms with E-state index in [1.807, 2.05) is 24.3 Å². The van der Waals surface area contributed by atoms with E-state index in [2.05, 4.69) is 29.1 Å². The summed E-state index contributed by atoms with van der Waals surface area (Å²) < 4.78 is 5.17. The number of rotatable bonds is 6. The maximum atomic E-state index is 6.18. The molecule has 2 aromatic rings. The van der Waals surface area contributed by atoms with Crippen molar-refractivity contribution in [1.29, 1.82) is 0 Å². The summed E-state index contributed by atoms with van der Waals surface area (Å²) in [5, 5.41) is 3.87. The molecule has 4 nitrogen and oxygen atoms in total. The van der Waals surface area contributed by atoms with Gasteiger partial charge in [-0.2, -0.15) is 0 Å². The van der Waals surface area contributed by atoms with E-state index >= 15 is 0 Å². The Morgan fingerprint density at radius 1 is 1.19 bits per heavy atom. The van der Waals surface area contributed by atoms with Crippen LogP contribution in [-0.2, 0) is 6.42 Å². The summed E-state index contributed by atoms with van der Waals surface area (Å²) in [5.74, 6) is 2.18. The van der Waals surface area contributed by atoms with E-state index in [-0.39, 0.29) is 0 Å². The standard InChI is InChI=1S/C16H20ClN3O/c1-4-8-18-15-10-12(5-2)19-16(20-15)11-6-7-14(21-3)13(17)9-11/h6-7,9-10H,4-5,8H2,1-3H3,(H,18,19,20). The van der Waals surface area contributed by atoms with Crippen LogP contribution in [-0.4, -0.2) is 23.6 Å². The number of ether oxygens (including phenoxy) is 1. The normalized spacial score (nSPS) is 10.5. The van der Waals surface area contributed by atoms with Gasteiger partial charge in [-0.1, -0.05) is 25.4 Å². The second-order valence-electron chi connectivity index (χ2n) is 4.70. The van der Waals surface area contributed by atoms with Crippen LogP contribution in [0, 0.1) is 0 Å². The molecule has 0 aliphatic carbocycles. The van der Waals surface area contributed by atoms with Gasteiger partial charge in [-0.25, -0.2) is 9.97 Å². The maximum absolute atomic E-state index is 6.18. The fourth-order valence-electron chi connectivity index (χ4n) is 1.96. The van der Waals surface area contributed by atoms with Gasteiger partial charge in [0.15, 0.2) is 5.82 Å². The molecule has 0 atom stereocenters. The van der Waals surface area contributed by atoms with Crippen molar-refractivity contribution in [3.63, 3.8) is 0 Å². The zero-order valence-corrected chi connectivity index (χ0v) is 13.4. The van der Waals surface area contributed by atoms with E-state index in [4.69, 9.17) is 16.3 Å². The van der Waals surface area contributed by atoms with Crippen LogP contribution in [0.25, 0.3) is 11.4 Å². The van der Waals surface area contributed by atoms with Crippen LogP contribution in [0.4, 0.5) is 5.82 Å². The largest absolute Gasteiger partial charge is 0.495 e. The van der Waals surface area contributed by atoms with Crippen molar-refractivity contribution in [2.24, 2.45) is 0 Å². The van der Waals surface area contributed by atoms with Gasteiger partial charge in [0.2, 0.25) is 0 Å². The number of aromatic nitrogens is 2. The van der Waals surface area contributed by atoms with Gasteiger partial charge in [0.25, 0.3) is 0 Å². The molecule has 1 aromatic heterocycles. The van der Waals surface area contributed by atoms with E-state index in [1.165, 1.54) is 0 Å². The van der Waals surface area contributed by atoms with E-state index in [0.29, 0.717) is 16.6 Å². The van der Waals surface area contributed by atoms with Crippen LogP contribution in [0.2, 0.25) is 5.02 Å². The highest BCUT2D eigenvalue weighted by Gasteiger charge is 2.09. The molecular formula is C16H20ClN3O. The number of hydrogen-bond donors (Lipinski definition) is 1. The second-order valence-corrected chi connectivity index (χ2v) is 5.10. The number of aryl methyl sites for hydroxylation is 1. The van der Waals surface area contributed by atoms with Gasteiger partial charge >= 0.3 is 0 Å². The van der Waals surface area contributed by atoms with Gasteiger partial charge in [-0.05, 0) is 31.0 Å². The Kier molecular flexibility index (Phi) is 5.39. The quantitative estimate of drug-likeness (QED) is 0.869. The molecule has 1 N–H and O–H groups in total. The molecule has 0 aliphatic rings. The molecule has 21 heavy (non-hydrogen) atoms. The number of benzene rings is 1. The minimum atomic E-state index is 0.559. The molecule has 0 radical (unpaired) electrons. The molecule has 0 amide bonds. The fraction of sp³-hybridized carbons (Fsp3) is 0.375. The summed E-state index contributed by atoms with van der Waals surface area (Å²) in [6.45, 7) is 5.10. The first kappa shape index (κ1) is 15.6. The van der Waals surface area contributed by atoms with Crippen LogP contribution in [0.3, 0.4) is 0 Å². The number of hydrogen-bond acceptors (Lipinski definition) is 4. The lowest BCUT2D eigenvalue weighted by Crippen LogP contribution is -2.05. The summed E-state index contributed by atoms with van der Waals surface area (Å²) in [4.78, 5) is 9.14. The lowest BCUT2D eigenvalue weighted by molar-refractivity contribution is 0.415. The first-order chi connectivity index (χ1) is 10.2. The Morgan fingerprint density at radius 2 is 2.00 bits per heavy atom. The minimum absolute atomic E-state index is 0.559. The van der Waals surface area contributed by atoms with Gasteiger partial charge in [-0.15, -0.1) is 0 Å². The summed E-state index contributed by atoms with van der Waals surface area (Å²) in [6.07, 6.45) is 1.91. The van der Waals surface area contributed by atoms with Crippen molar-refractivity contribution in [2.75, 3.05) is 19.0 Å². The first-order valence-electron chi connectivity index (χ1n) is 7.13. The lowest BCUT2D eigenvalue weighted by Gasteiger charge is -2.10. The molecule has 1 aromatic carbocycles. The molecular weight excluding hydrogens is 286 g/mol. The van der Waals surface area contributed by atoms with Gasteiger partial charge in [0.05, 0.1) is 12.1 Å². The SMILES string of the molecule is CCCNc1cc(CC)nc(-c2ccc(OC)c(Cl)c2)n1. The molecule has 0 saturated heterocycles. The third-order valence-electron chi connectivity index (χ3n) is 3.11.